The largest absolute Gasteiger partial charge is 0.508 e. The Morgan fingerprint density at radius 3 is 2.19 bits per heavy atom. The van der Waals surface area contributed by atoms with E-state index >= 15 is 0 Å². The number of anilines is 1. The van der Waals surface area contributed by atoms with E-state index < -0.39 is 21.5 Å². The molecule has 0 amide bonds. The van der Waals surface area contributed by atoms with Gasteiger partial charge in [0.1, 0.15) is 11.3 Å². The summed E-state index contributed by atoms with van der Waals surface area (Å²) in [5.74, 6) is -1.21. The van der Waals surface area contributed by atoms with Crippen LogP contribution in [0.2, 0.25) is 0 Å². The van der Waals surface area contributed by atoms with Gasteiger partial charge in [0, 0.05) is 37.0 Å². The number of nitrogens with zero attached hydrogens (tertiary/aromatic N) is 1. The molecule has 0 bridgehead atoms. The van der Waals surface area contributed by atoms with Gasteiger partial charge < -0.3 is 15.1 Å². The first kappa shape index (κ1) is 22.6. The number of benzene rings is 3. The molecule has 3 aromatic rings. The van der Waals surface area contributed by atoms with Gasteiger partial charge in [-0.3, -0.25) is 4.79 Å². The predicted octanol–water partition coefficient (Wildman–Crippen LogP) is 3.37. The molecule has 3 N–H and O–H groups in total. The van der Waals surface area contributed by atoms with Crippen molar-refractivity contribution in [2.45, 2.75) is 30.2 Å². The molecule has 7 nitrogen and oxygen atoms in total. The Morgan fingerprint density at radius 1 is 1.00 bits per heavy atom. The molecule has 0 aliphatic carbocycles. The molecule has 0 spiro atoms. The lowest BCUT2D eigenvalue weighted by Crippen LogP contribution is -2.55. The van der Waals surface area contributed by atoms with Gasteiger partial charge >= 0.3 is 5.97 Å². The first-order valence-electron chi connectivity index (χ1n) is 9.84. The van der Waals surface area contributed by atoms with Crippen molar-refractivity contribution in [3.8, 4) is 5.75 Å². The van der Waals surface area contributed by atoms with Gasteiger partial charge in [-0.05, 0) is 36.2 Å². The number of carboxylic acids is 1. The number of phenols is 1. The highest BCUT2D eigenvalue weighted by Gasteiger charge is 2.41. The highest BCUT2D eigenvalue weighted by atomic mass is 32.2. The van der Waals surface area contributed by atoms with Crippen molar-refractivity contribution in [1.29, 1.82) is 0 Å². The van der Waals surface area contributed by atoms with Crippen LogP contribution in [0.3, 0.4) is 0 Å². The number of carbonyl (C=O) groups is 1. The molecule has 0 fully saturated rings. The number of hydrogen-bond donors (Lipinski definition) is 3. The highest BCUT2D eigenvalue weighted by molar-refractivity contribution is 7.89. The molecule has 0 unspecified atom stereocenters. The fourth-order valence-corrected chi connectivity index (χ4v) is 5.32. The average molecular weight is 443 g/mol. The minimum Gasteiger partial charge on any atom is -0.508 e. The number of hydrogen-bond acceptors (Lipinski definition) is 5. The second-order valence-corrected chi connectivity index (χ2v) is 9.36. The van der Waals surface area contributed by atoms with Crippen molar-refractivity contribution in [2.75, 3.05) is 19.0 Å². The number of aliphatic carboxylic acids is 1. The second kappa shape index (κ2) is 8.56. The Morgan fingerprint density at radius 2 is 1.61 bits per heavy atom. The summed E-state index contributed by atoms with van der Waals surface area (Å²) in [4.78, 5) is 14.2. The SMILES string of the molecule is CC[C@@](Cc1ccc(O)cc1)(NS(=O)(=O)c1cccc2c(N(C)C)cccc12)C(=O)O. The number of fused-ring (bicyclic) bond motifs is 1. The third-order valence-electron chi connectivity index (χ3n) is 5.42. The van der Waals surface area contributed by atoms with Crippen molar-refractivity contribution in [2.24, 2.45) is 0 Å². The minimum atomic E-state index is -4.17. The van der Waals surface area contributed by atoms with Crippen LogP contribution in [0.4, 0.5) is 5.69 Å². The third kappa shape index (κ3) is 4.50. The van der Waals surface area contributed by atoms with E-state index in [-0.39, 0.29) is 23.5 Å². The van der Waals surface area contributed by atoms with Crippen LogP contribution in [0.5, 0.6) is 5.75 Å². The maximum atomic E-state index is 13.4. The Kier molecular flexibility index (Phi) is 6.24. The summed E-state index contributed by atoms with van der Waals surface area (Å²) >= 11 is 0. The summed E-state index contributed by atoms with van der Waals surface area (Å²) in [6, 6.07) is 16.4. The van der Waals surface area contributed by atoms with Gasteiger partial charge in [-0.1, -0.05) is 43.3 Å². The van der Waals surface area contributed by atoms with Crippen LogP contribution in [0.15, 0.2) is 65.6 Å². The smallest absolute Gasteiger partial charge is 0.325 e. The van der Waals surface area contributed by atoms with Gasteiger partial charge in [-0.15, -0.1) is 0 Å². The van der Waals surface area contributed by atoms with E-state index in [1.54, 1.807) is 37.3 Å². The highest BCUT2D eigenvalue weighted by Crippen LogP contribution is 2.31. The standard InChI is InChI=1S/C23H26N2O5S/c1-4-23(22(27)28,15-16-11-13-17(26)14-12-16)24-31(29,30)21-10-6-7-18-19(21)8-5-9-20(18)25(2)3/h5-14,24,26H,4,15H2,1-3H3,(H,27,28)/t23-/m0/s1. The zero-order valence-corrected chi connectivity index (χ0v) is 18.5. The average Bonchev–Trinajstić information content (AvgIpc) is 2.73. The first-order chi connectivity index (χ1) is 14.6. The van der Waals surface area contributed by atoms with Gasteiger partial charge in [0.05, 0.1) is 4.90 Å². The lowest BCUT2D eigenvalue weighted by Gasteiger charge is -2.29. The third-order valence-corrected chi connectivity index (χ3v) is 7.01. The molecule has 0 saturated heterocycles. The van der Waals surface area contributed by atoms with Crippen molar-refractivity contribution < 1.29 is 23.4 Å². The van der Waals surface area contributed by atoms with E-state index in [0.29, 0.717) is 10.9 Å². The van der Waals surface area contributed by atoms with Crippen LogP contribution >= 0.6 is 0 Å². The molecular weight excluding hydrogens is 416 g/mol. The van der Waals surface area contributed by atoms with Gasteiger partial charge in [0.2, 0.25) is 10.0 Å². The zero-order chi connectivity index (χ0) is 22.8. The molecular formula is C23H26N2O5S. The van der Waals surface area contributed by atoms with Gasteiger partial charge in [0.15, 0.2) is 0 Å². The Hall–Kier alpha value is -3.10. The predicted molar refractivity (Wildman–Crippen MR) is 121 cm³/mol. The summed E-state index contributed by atoms with van der Waals surface area (Å²) in [7, 11) is -0.424. The normalized spacial score (nSPS) is 13.6. The summed E-state index contributed by atoms with van der Waals surface area (Å²) in [6.07, 6.45) is -0.0256. The second-order valence-electron chi connectivity index (χ2n) is 7.71. The van der Waals surface area contributed by atoms with Crippen LogP contribution in [-0.2, 0) is 21.2 Å². The number of rotatable bonds is 8. The van der Waals surface area contributed by atoms with Crippen molar-refractivity contribution in [3.05, 3.63) is 66.2 Å². The van der Waals surface area contributed by atoms with E-state index in [2.05, 4.69) is 4.72 Å². The Bertz CT molecular complexity index is 1210. The molecule has 3 rings (SSSR count). The van der Waals surface area contributed by atoms with E-state index in [1.807, 2.05) is 31.1 Å². The fourth-order valence-electron chi connectivity index (χ4n) is 3.67. The van der Waals surface area contributed by atoms with Crippen LogP contribution in [0.1, 0.15) is 18.9 Å². The van der Waals surface area contributed by atoms with Crippen LogP contribution < -0.4 is 9.62 Å². The Balaban J connectivity index is 2.09. The maximum Gasteiger partial charge on any atom is 0.325 e. The number of nitrogens with one attached hydrogen (secondary N) is 1. The topological polar surface area (TPSA) is 107 Å². The minimum absolute atomic E-state index is 0.0264. The summed E-state index contributed by atoms with van der Waals surface area (Å²) in [5.41, 5.74) is -0.284. The van der Waals surface area contributed by atoms with Gasteiger partial charge in [0.25, 0.3) is 0 Å². The lowest BCUT2D eigenvalue weighted by molar-refractivity contribution is -0.144. The van der Waals surface area contributed by atoms with Crippen molar-refractivity contribution in [3.63, 3.8) is 0 Å². The molecule has 1 atom stereocenters. The molecule has 0 aromatic heterocycles. The molecule has 31 heavy (non-hydrogen) atoms. The number of phenolic OH excluding ortho intramolecular Hbond substituents is 1. The fraction of sp³-hybridized carbons (Fsp3) is 0.261. The molecule has 0 aliphatic heterocycles. The quantitative estimate of drug-likeness (QED) is 0.494. The summed E-state index contributed by atoms with van der Waals surface area (Å²) in [6.45, 7) is 1.63. The van der Waals surface area contributed by atoms with Crippen molar-refractivity contribution in [1.82, 2.24) is 4.72 Å². The number of sulfonamides is 1. The van der Waals surface area contributed by atoms with Crippen LogP contribution in [0.25, 0.3) is 10.8 Å². The zero-order valence-electron chi connectivity index (χ0n) is 17.7. The number of carboxylic acid groups (broad SMARTS) is 1. The maximum absolute atomic E-state index is 13.4. The van der Waals surface area contributed by atoms with E-state index in [0.717, 1.165) is 11.1 Å². The number of aromatic hydroxyl groups is 1. The van der Waals surface area contributed by atoms with Crippen molar-refractivity contribution >= 4 is 32.5 Å². The first-order valence-corrected chi connectivity index (χ1v) is 11.3. The molecule has 3 aromatic carbocycles. The van der Waals surface area contributed by atoms with Gasteiger partial charge in [-0.25, -0.2) is 8.42 Å². The van der Waals surface area contributed by atoms with Crippen LogP contribution in [-0.4, -0.2) is 44.2 Å². The molecule has 0 saturated carbocycles. The summed E-state index contributed by atoms with van der Waals surface area (Å²) in [5, 5.41) is 20.8. The molecule has 0 heterocycles. The lowest BCUT2D eigenvalue weighted by atomic mass is 9.89. The summed E-state index contributed by atoms with van der Waals surface area (Å²) < 4.78 is 29.3. The van der Waals surface area contributed by atoms with E-state index in [1.165, 1.54) is 18.2 Å². The Labute approximate surface area is 182 Å². The van der Waals surface area contributed by atoms with E-state index in [4.69, 9.17) is 0 Å². The van der Waals surface area contributed by atoms with Gasteiger partial charge in [-0.2, -0.15) is 4.72 Å². The molecule has 164 valence electrons. The van der Waals surface area contributed by atoms with Crippen LogP contribution in [0, 0.1) is 0 Å². The molecule has 0 radical (unpaired) electrons. The monoisotopic (exact) mass is 442 g/mol. The van der Waals surface area contributed by atoms with E-state index in [9.17, 15) is 23.4 Å². The molecule has 8 heteroatoms. The molecule has 0 aliphatic rings.